The molecule has 0 saturated heterocycles. The van der Waals surface area contributed by atoms with Gasteiger partial charge < -0.3 is 9.47 Å². The fraction of sp³-hybridized carbons (Fsp3) is 0.400. The van der Waals surface area contributed by atoms with Crippen LogP contribution in [-0.4, -0.2) is 35.8 Å². The van der Waals surface area contributed by atoms with Crippen molar-refractivity contribution in [3.63, 3.8) is 0 Å². The van der Waals surface area contributed by atoms with E-state index in [-0.39, 0.29) is 6.23 Å². The van der Waals surface area contributed by atoms with Crippen molar-refractivity contribution >= 4 is 11.0 Å². The molecule has 0 N–H and O–H groups in total. The number of hydrogen-bond donors (Lipinski definition) is 0. The minimum Gasteiger partial charge on any atom is -0.380 e. The average Bonchev–Trinajstić information content (AvgIpc) is 2.70. The first-order chi connectivity index (χ1) is 7.36. The van der Waals surface area contributed by atoms with E-state index in [1.54, 1.807) is 18.9 Å². The maximum Gasteiger partial charge on any atom is 0.175 e. The highest BCUT2D eigenvalue weighted by atomic mass is 16.5. The largest absolute Gasteiger partial charge is 0.380 e. The van der Waals surface area contributed by atoms with E-state index in [0.29, 0.717) is 6.61 Å². The second-order valence-corrected chi connectivity index (χ2v) is 3.17. The van der Waals surface area contributed by atoms with Gasteiger partial charge in [0.15, 0.2) is 6.23 Å². The fourth-order valence-electron chi connectivity index (χ4n) is 1.48. The number of para-hydroxylation sites is 1. The zero-order valence-electron chi connectivity index (χ0n) is 8.75. The van der Waals surface area contributed by atoms with Crippen LogP contribution in [-0.2, 0) is 9.47 Å². The molecule has 0 spiro atoms. The number of methoxy groups -OCH3 is 2. The molecule has 0 fully saturated rings. The van der Waals surface area contributed by atoms with Crippen molar-refractivity contribution in [1.29, 1.82) is 0 Å². The van der Waals surface area contributed by atoms with Crippen molar-refractivity contribution in [2.24, 2.45) is 0 Å². The third kappa shape index (κ3) is 1.84. The van der Waals surface area contributed by atoms with Gasteiger partial charge in [-0.05, 0) is 12.1 Å². The summed E-state index contributed by atoms with van der Waals surface area (Å²) in [7, 11) is 3.26. The third-order valence-corrected chi connectivity index (χ3v) is 2.23. The summed E-state index contributed by atoms with van der Waals surface area (Å²) in [5.74, 6) is 0. The Kier molecular flexibility index (Phi) is 2.94. The molecule has 1 heterocycles. The molecule has 0 aliphatic heterocycles. The van der Waals surface area contributed by atoms with Gasteiger partial charge in [-0.1, -0.05) is 17.3 Å². The predicted molar refractivity (Wildman–Crippen MR) is 55.5 cm³/mol. The highest BCUT2D eigenvalue weighted by Gasteiger charge is 2.13. The average molecular weight is 207 g/mol. The molecule has 5 nitrogen and oxygen atoms in total. The van der Waals surface area contributed by atoms with Crippen molar-refractivity contribution < 1.29 is 9.47 Å². The minimum absolute atomic E-state index is 0.234. The lowest BCUT2D eigenvalue weighted by Gasteiger charge is -2.14. The lowest BCUT2D eigenvalue weighted by molar-refractivity contribution is -0.0241. The Balaban J connectivity index is 2.41. The molecule has 1 unspecified atom stereocenters. The molecule has 1 aromatic heterocycles. The van der Waals surface area contributed by atoms with Crippen molar-refractivity contribution in [2.75, 3.05) is 20.8 Å². The quantitative estimate of drug-likeness (QED) is 0.756. The Morgan fingerprint density at radius 2 is 2.13 bits per heavy atom. The van der Waals surface area contributed by atoms with Crippen LogP contribution in [0, 0.1) is 0 Å². The van der Waals surface area contributed by atoms with Gasteiger partial charge in [0.1, 0.15) is 5.52 Å². The molecule has 0 saturated carbocycles. The number of aromatic nitrogens is 3. The van der Waals surface area contributed by atoms with Crippen molar-refractivity contribution in [2.45, 2.75) is 6.23 Å². The highest BCUT2D eigenvalue weighted by Crippen LogP contribution is 2.15. The first-order valence-corrected chi connectivity index (χ1v) is 4.68. The van der Waals surface area contributed by atoms with Crippen LogP contribution >= 0.6 is 0 Å². The number of hydrogen-bond acceptors (Lipinski definition) is 4. The van der Waals surface area contributed by atoms with Gasteiger partial charge in [-0.15, -0.1) is 5.10 Å². The molecular formula is C10H13N3O2. The standard InChI is InChI=1S/C10H13N3O2/c1-14-7-10(15-2)13-9-6-4-3-5-8(9)11-12-13/h3-6,10H,7H2,1-2H3. The van der Waals surface area contributed by atoms with Crippen LogP contribution in [0.3, 0.4) is 0 Å². The van der Waals surface area contributed by atoms with Crippen LogP contribution < -0.4 is 0 Å². The summed E-state index contributed by atoms with van der Waals surface area (Å²) in [5, 5.41) is 8.09. The van der Waals surface area contributed by atoms with Gasteiger partial charge in [0.25, 0.3) is 0 Å². The molecule has 0 amide bonds. The lowest BCUT2D eigenvalue weighted by atomic mass is 10.3. The molecule has 15 heavy (non-hydrogen) atoms. The zero-order chi connectivity index (χ0) is 10.7. The fourth-order valence-corrected chi connectivity index (χ4v) is 1.48. The molecule has 2 aromatic rings. The SMILES string of the molecule is COCC(OC)n1nnc2ccccc21. The molecular weight excluding hydrogens is 194 g/mol. The van der Waals surface area contributed by atoms with Gasteiger partial charge in [0.2, 0.25) is 0 Å². The predicted octanol–water partition coefficient (Wildman–Crippen LogP) is 1.22. The molecule has 0 aliphatic rings. The summed E-state index contributed by atoms with van der Waals surface area (Å²) >= 11 is 0. The van der Waals surface area contributed by atoms with Gasteiger partial charge in [0.05, 0.1) is 12.1 Å². The Labute approximate surface area is 87.6 Å². The molecule has 2 rings (SSSR count). The van der Waals surface area contributed by atoms with Crippen molar-refractivity contribution in [3.8, 4) is 0 Å². The molecule has 1 atom stereocenters. The number of fused-ring (bicyclic) bond motifs is 1. The van der Waals surface area contributed by atoms with Gasteiger partial charge in [-0.25, -0.2) is 4.68 Å². The van der Waals surface area contributed by atoms with E-state index in [1.165, 1.54) is 0 Å². The van der Waals surface area contributed by atoms with Gasteiger partial charge >= 0.3 is 0 Å². The first kappa shape index (κ1) is 10.1. The smallest absolute Gasteiger partial charge is 0.175 e. The second kappa shape index (κ2) is 4.37. The minimum atomic E-state index is -0.234. The molecule has 80 valence electrons. The van der Waals surface area contributed by atoms with E-state index in [2.05, 4.69) is 10.3 Å². The lowest BCUT2D eigenvalue weighted by Crippen LogP contribution is -2.17. The van der Waals surface area contributed by atoms with E-state index >= 15 is 0 Å². The number of benzene rings is 1. The summed E-state index contributed by atoms with van der Waals surface area (Å²) in [6, 6.07) is 7.75. The summed E-state index contributed by atoms with van der Waals surface area (Å²) < 4.78 is 12.1. The van der Waals surface area contributed by atoms with E-state index < -0.39 is 0 Å². The number of ether oxygens (including phenoxy) is 2. The van der Waals surface area contributed by atoms with E-state index in [0.717, 1.165) is 11.0 Å². The van der Waals surface area contributed by atoms with Crippen LogP contribution in [0.5, 0.6) is 0 Å². The Bertz CT molecular complexity index is 441. The molecule has 0 aliphatic carbocycles. The van der Waals surface area contributed by atoms with Crippen LogP contribution in [0.2, 0.25) is 0 Å². The summed E-state index contributed by atoms with van der Waals surface area (Å²) in [4.78, 5) is 0. The maximum atomic E-state index is 5.28. The molecule has 0 radical (unpaired) electrons. The van der Waals surface area contributed by atoms with Gasteiger partial charge in [-0.2, -0.15) is 0 Å². The topological polar surface area (TPSA) is 49.2 Å². The van der Waals surface area contributed by atoms with Crippen LogP contribution in [0.1, 0.15) is 6.23 Å². The molecule has 1 aromatic carbocycles. The second-order valence-electron chi connectivity index (χ2n) is 3.17. The van der Waals surface area contributed by atoms with E-state index in [1.807, 2.05) is 24.3 Å². The summed E-state index contributed by atoms with van der Waals surface area (Å²) in [5.41, 5.74) is 1.80. The van der Waals surface area contributed by atoms with E-state index in [4.69, 9.17) is 9.47 Å². The van der Waals surface area contributed by atoms with E-state index in [9.17, 15) is 0 Å². The number of nitrogens with zero attached hydrogens (tertiary/aromatic N) is 3. The van der Waals surface area contributed by atoms with Crippen molar-refractivity contribution in [3.05, 3.63) is 24.3 Å². The third-order valence-electron chi connectivity index (χ3n) is 2.23. The zero-order valence-corrected chi connectivity index (χ0v) is 8.75. The van der Waals surface area contributed by atoms with Crippen LogP contribution in [0.15, 0.2) is 24.3 Å². The van der Waals surface area contributed by atoms with Gasteiger partial charge in [0, 0.05) is 14.2 Å². The van der Waals surface area contributed by atoms with Crippen molar-refractivity contribution in [1.82, 2.24) is 15.0 Å². The monoisotopic (exact) mass is 207 g/mol. The number of rotatable bonds is 4. The van der Waals surface area contributed by atoms with Crippen LogP contribution in [0.25, 0.3) is 11.0 Å². The molecule has 0 bridgehead atoms. The Hall–Kier alpha value is -1.46. The maximum absolute atomic E-state index is 5.28. The molecule has 5 heteroatoms. The normalized spacial score (nSPS) is 13.2. The summed E-state index contributed by atoms with van der Waals surface area (Å²) in [6.07, 6.45) is -0.234. The Morgan fingerprint density at radius 3 is 2.87 bits per heavy atom. The van der Waals surface area contributed by atoms with Crippen LogP contribution in [0.4, 0.5) is 0 Å². The first-order valence-electron chi connectivity index (χ1n) is 4.68. The summed E-state index contributed by atoms with van der Waals surface area (Å²) in [6.45, 7) is 0.448. The highest BCUT2D eigenvalue weighted by molar-refractivity contribution is 5.73. The Morgan fingerprint density at radius 1 is 1.33 bits per heavy atom. The van der Waals surface area contributed by atoms with Gasteiger partial charge in [-0.3, -0.25) is 0 Å².